The van der Waals surface area contributed by atoms with Crippen molar-refractivity contribution in [2.75, 3.05) is 7.11 Å². The number of esters is 1. The van der Waals surface area contributed by atoms with Crippen LogP contribution in [0.15, 0.2) is 30.5 Å². The summed E-state index contributed by atoms with van der Waals surface area (Å²) in [6.07, 6.45) is 1.69. The molecule has 1 N–H and O–H groups in total. The molecule has 0 radical (unpaired) electrons. The van der Waals surface area contributed by atoms with E-state index in [4.69, 9.17) is 4.74 Å². The quantitative estimate of drug-likeness (QED) is 0.751. The van der Waals surface area contributed by atoms with Crippen LogP contribution in [0.1, 0.15) is 25.7 Å². The second-order valence-electron chi connectivity index (χ2n) is 4.63. The number of nitrogens with zero attached hydrogens (tertiary/aromatic N) is 2. The van der Waals surface area contributed by atoms with Crippen LogP contribution in [0.3, 0.4) is 0 Å². The first-order chi connectivity index (χ1) is 10.5. The summed E-state index contributed by atoms with van der Waals surface area (Å²) in [7, 11) is 1.26. The van der Waals surface area contributed by atoms with E-state index in [9.17, 15) is 14.7 Å². The van der Waals surface area contributed by atoms with Crippen LogP contribution < -0.4 is 0 Å². The first kappa shape index (κ1) is 14.3. The number of carboxylic acids is 1. The van der Waals surface area contributed by atoms with Gasteiger partial charge in [0, 0.05) is 11.1 Å². The molecule has 0 fully saturated rings. The van der Waals surface area contributed by atoms with Gasteiger partial charge >= 0.3 is 11.9 Å². The fraction of sp³-hybridized carbons (Fsp3) is 0.133. The van der Waals surface area contributed by atoms with E-state index in [1.165, 1.54) is 24.5 Å². The Morgan fingerprint density at radius 2 is 2.09 bits per heavy atom. The van der Waals surface area contributed by atoms with Gasteiger partial charge in [0.25, 0.3) is 0 Å². The molecule has 7 heteroatoms. The maximum absolute atomic E-state index is 11.9. The molecule has 0 saturated heterocycles. The van der Waals surface area contributed by atoms with Crippen LogP contribution in [0.4, 0.5) is 0 Å². The van der Waals surface area contributed by atoms with Crippen molar-refractivity contribution in [3.8, 4) is 10.7 Å². The van der Waals surface area contributed by atoms with E-state index in [2.05, 4.69) is 4.98 Å². The van der Waals surface area contributed by atoms with Crippen molar-refractivity contribution in [3.63, 3.8) is 0 Å². The average Bonchev–Trinajstić information content (AvgIpc) is 3.09. The molecule has 0 unspecified atom stereocenters. The molecule has 3 rings (SSSR count). The molecular formula is C15H12N2O4S. The zero-order chi connectivity index (χ0) is 15.9. The molecule has 0 spiro atoms. The maximum Gasteiger partial charge on any atom is 0.356 e. The van der Waals surface area contributed by atoms with Gasteiger partial charge in [0.1, 0.15) is 0 Å². The Bertz CT molecular complexity index is 894. The summed E-state index contributed by atoms with van der Waals surface area (Å²) in [6, 6.07) is 7.01. The summed E-state index contributed by atoms with van der Waals surface area (Å²) >= 11 is 1.51. The van der Waals surface area contributed by atoms with Gasteiger partial charge in [0.05, 0.1) is 23.1 Å². The van der Waals surface area contributed by atoms with E-state index in [-0.39, 0.29) is 16.8 Å². The number of ether oxygens (including phenoxy) is 1. The lowest BCUT2D eigenvalue weighted by molar-refractivity contribution is 0.0602. The van der Waals surface area contributed by atoms with Gasteiger partial charge in [-0.05, 0) is 31.2 Å². The Kier molecular flexibility index (Phi) is 3.42. The number of methoxy groups -OCH3 is 1. The standard InChI is InChI=1S/C15H12N2O4S/c1-8-5-6-10(22-8)13-16-11(14(18)19)12-9(15(20)21-2)4-3-7-17(12)13/h3-7H,1-2H3,(H,18,19). The Morgan fingerprint density at radius 3 is 2.68 bits per heavy atom. The van der Waals surface area contributed by atoms with E-state index in [1.807, 2.05) is 19.1 Å². The van der Waals surface area contributed by atoms with Crippen molar-refractivity contribution in [1.82, 2.24) is 9.38 Å². The third kappa shape index (κ3) is 2.15. The van der Waals surface area contributed by atoms with Crippen LogP contribution in [0.25, 0.3) is 16.2 Å². The van der Waals surface area contributed by atoms with Crippen LogP contribution in [0.2, 0.25) is 0 Å². The van der Waals surface area contributed by atoms with E-state index in [0.717, 1.165) is 9.75 Å². The average molecular weight is 316 g/mol. The number of thiophene rings is 1. The third-order valence-corrected chi connectivity index (χ3v) is 4.23. The molecule has 0 aliphatic carbocycles. The van der Waals surface area contributed by atoms with E-state index in [0.29, 0.717) is 5.82 Å². The lowest BCUT2D eigenvalue weighted by Crippen LogP contribution is -2.06. The fourth-order valence-corrected chi connectivity index (χ4v) is 3.15. The highest BCUT2D eigenvalue weighted by molar-refractivity contribution is 7.15. The number of carbonyl (C=O) groups is 2. The molecule has 3 aromatic rings. The summed E-state index contributed by atoms with van der Waals surface area (Å²) < 4.78 is 6.34. The predicted molar refractivity (Wildman–Crippen MR) is 81.5 cm³/mol. The van der Waals surface area contributed by atoms with Crippen LogP contribution in [-0.2, 0) is 4.74 Å². The highest BCUT2D eigenvalue weighted by atomic mass is 32.1. The molecule has 112 valence electrons. The first-order valence-electron chi connectivity index (χ1n) is 6.42. The molecular weight excluding hydrogens is 304 g/mol. The lowest BCUT2D eigenvalue weighted by Gasteiger charge is -2.04. The molecule has 0 aliphatic heterocycles. The minimum absolute atomic E-state index is 0.165. The van der Waals surface area contributed by atoms with Crippen molar-refractivity contribution < 1.29 is 19.4 Å². The molecule has 0 aliphatic rings. The summed E-state index contributed by atoms with van der Waals surface area (Å²) in [6.45, 7) is 1.96. The van der Waals surface area contributed by atoms with Gasteiger partial charge in [-0.25, -0.2) is 14.6 Å². The van der Waals surface area contributed by atoms with Gasteiger partial charge < -0.3 is 9.84 Å². The number of rotatable bonds is 3. The second-order valence-corrected chi connectivity index (χ2v) is 5.92. The van der Waals surface area contributed by atoms with Crippen LogP contribution >= 0.6 is 11.3 Å². The van der Waals surface area contributed by atoms with Crippen LogP contribution in [-0.4, -0.2) is 33.5 Å². The monoisotopic (exact) mass is 316 g/mol. The topological polar surface area (TPSA) is 80.9 Å². The number of aromatic nitrogens is 2. The van der Waals surface area contributed by atoms with E-state index >= 15 is 0 Å². The zero-order valence-electron chi connectivity index (χ0n) is 11.9. The Hall–Kier alpha value is -2.67. The largest absolute Gasteiger partial charge is 0.476 e. The Morgan fingerprint density at radius 1 is 1.32 bits per heavy atom. The van der Waals surface area contributed by atoms with E-state index < -0.39 is 11.9 Å². The molecule has 0 saturated carbocycles. The number of pyridine rings is 1. The highest BCUT2D eigenvalue weighted by Crippen LogP contribution is 2.30. The van der Waals surface area contributed by atoms with Gasteiger partial charge in [0.15, 0.2) is 11.5 Å². The molecule has 0 amide bonds. The first-order valence-corrected chi connectivity index (χ1v) is 7.24. The molecule has 3 aromatic heterocycles. The number of carbonyl (C=O) groups excluding carboxylic acids is 1. The number of fused-ring (bicyclic) bond motifs is 1. The maximum atomic E-state index is 11.9. The fourth-order valence-electron chi connectivity index (χ4n) is 2.29. The van der Waals surface area contributed by atoms with Gasteiger partial charge in [-0.2, -0.15) is 0 Å². The van der Waals surface area contributed by atoms with Crippen molar-refractivity contribution in [2.24, 2.45) is 0 Å². The number of carboxylic acid groups (broad SMARTS) is 1. The number of imidazole rings is 1. The molecule has 0 bridgehead atoms. The number of hydrogen-bond donors (Lipinski definition) is 1. The molecule has 0 atom stereocenters. The molecule has 6 nitrogen and oxygen atoms in total. The predicted octanol–water partition coefficient (Wildman–Crippen LogP) is 2.86. The van der Waals surface area contributed by atoms with Gasteiger partial charge in [-0.3, -0.25) is 4.40 Å². The molecule has 3 heterocycles. The summed E-state index contributed by atoms with van der Waals surface area (Å²) in [5, 5.41) is 9.40. The number of aromatic carboxylic acids is 1. The van der Waals surface area contributed by atoms with Crippen LogP contribution in [0, 0.1) is 6.92 Å². The van der Waals surface area contributed by atoms with Crippen molar-refractivity contribution in [3.05, 3.63) is 46.6 Å². The highest BCUT2D eigenvalue weighted by Gasteiger charge is 2.23. The normalized spacial score (nSPS) is 10.8. The molecule has 22 heavy (non-hydrogen) atoms. The van der Waals surface area contributed by atoms with Crippen molar-refractivity contribution in [2.45, 2.75) is 6.92 Å². The summed E-state index contributed by atoms with van der Waals surface area (Å²) in [5.74, 6) is -1.29. The van der Waals surface area contributed by atoms with Crippen LogP contribution in [0.5, 0.6) is 0 Å². The molecule has 0 aromatic carbocycles. The van der Waals surface area contributed by atoms with Crippen molar-refractivity contribution >= 4 is 28.8 Å². The zero-order valence-corrected chi connectivity index (χ0v) is 12.7. The SMILES string of the molecule is COC(=O)c1cccn2c(-c3ccc(C)s3)nc(C(=O)O)c12. The van der Waals surface area contributed by atoms with Gasteiger partial charge in [-0.15, -0.1) is 11.3 Å². The number of aryl methyl sites for hydroxylation is 1. The van der Waals surface area contributed by atoms with Gasteiger partial charge in [-0.1, -0.05) is 0 Å². The Labute approximate surface area is 129 Å². The Balaban J connectivity index is 2.37. The minimum atomic E-state index is -1.19. The second kappa shape index (κ2) is 5.27. The van der Waals surface area contributed by atoms with Gasteiger partial charge in [0.2, 0.25) is 0 Å². The smallest absolute Gasteiger partial charge is 0.356 e. The lowest BCUT2D eigenvalue weighted by atomic mass is 10.2. The number of hydrogen-bond acceptors (Lipinski definition) is 5. The van der Waals surface area contributed by atoms with E-state index in [1.54, 1.807) is 16.7 Å². The summed E-state index contributed by atoms with van der Waals surface area (Å²) in [4.78, 5) is 29.5. The third-order valence-electron chi connectivity index (χ3n) is 3.23. The minimum Gasteiger partial charge on any atom is -0.476 e. The van der Waals surface area contributed by atoms with Crippen molar-refractivity contribution in [1.29, 1.82) is 0 Å². The summed E-state index contributed by atoms with van der Waals surface area (Å²) in [5.41, 5.74) is 0.249.